The van der Waals surface area contributed by atoms with Crippen molar-refractivity contribution in [2.45, 2.75) is 6.54 Å². The van der Waals surface area contributed by atoms with Crippen LogP contribution in [0.15, 0.2) is 32.6 Å². The van der Waals surface area contributed by atoms with E-state index in [0.717, 1.165) is 4.57 Å². The van der Waals surface area contributed by atoms with Crippen LogP contribution < -0.4 is 26.1 Å². The summed E-state index contributed by atoms with van der Waals surface area (Å²) >= 11 is 0. The molecule has 1 aromatic carbocycles. The molecule has 22 heavy (non-hydrogen) atoms. The van der Waals surface area contributed by atoms with Crippen molar-refractivity contribution in [3.05, 3.63) is 45.2 Å². The van der Waals surface area contributed by atoms with E-state index in [-0.39, 0.29) is 17.6 Å². The molecule has 1 aliphatic rings. The minimum atomic E-state index is -0.621. The van der Waals surface area contributed by atoms with E-state index in [1.807, 2.05) is 0 Å². The lowest BCUT2D eigenvalue weighted by molar-refractivity contribution is -0.147. The second-order valence-electron chi connectivity index (χ2n) is 4.45. The largest absolute Gasteiger partial charge is 0.497 e. The zero-order valence-corrected chi connectivity index (χ0v) is 11.9. The van der Waals surface area contributed by atoms with Gasteiger partial charge in [-0.1, -0.05) is 0 Å². The molecule has 0 saturated heterocycles. The molecule has 0 unspecified atom stereocenters. The van der Waals surface area contributed by atoms with Crippen LogP contribution in [0.4, 0.5) is 0 Å². The van der Waals surface area contributed by atoms with E-state index in [9.17, 15) is 9.59 Å². The molecule has 0 amide bonds. The number of ether oxygens (including phenoxy) is 2. The summed E-state index contributed by atoms with van der Waals surface area (Å²) in [4.78, 5) is 27.8. The molecule has 114 valence electrons. The van der Waals surface area contributed by atoms with Gasteiger partial charge in [0.15, 0.2) is 5.42 Å². The monoisotopic (exact) mass is 304 g/mol. The number of rotatable bonds is 3. The van der Waals surface area contributed by atoms with Gasteiger partial charge in [0.25, 0.3) is 5.56 Å². The molecule has 2 aromatic rings. The predicted molar refractivity (Wildman–Crippen MR) is 73.0 cm³/mol. The molecule has 0 bridgehead atoms. The van der Waals surface area contributed by atoms with Crippen molar-refractivity contribution in [3.8, 4) is 11.5 Å². The van der Waals surface area contributed by atoms with Gasteiger partial charge in [0.2, 0.25) is 0 Å². The maximum atomic E-state index is 12.2. The van der Waals surface area contributed by atoms with Crippen molar-refractivity contribution in [2.24, 2.45) is 5.16 Å². The lowest BCUT2D eigenvalue weighted by atomic mass is 10.2. The highest BCUT2D eigenvalue weighted by molar-refractivity contribution is 5.69. The van der Waals surface area contributed by atoms with E-state index in [0.29, 0.717) is 17.1 Å². The van der Waals surface area contributed by atoms with Gasteiger partial charge in [-0.2, -0.15) is 0 Å². The van der Waals surface area contributed by atoms with Gasteiger partial charge >= 0.3 is 11.7 Å². The summed E-state index contributed by atoms with van der Waals surface area (Å²) < 4.78 is 16.8. The first-order chi connectivity index (χ1) is 10.6. The SMILES string of the molecule is COc1ccc(/C=c2\oc3n(c2=O)CC(=O)ON=3)c(OC)c1. The molecule has 8 heteroatoms. The number of hydrogen-bond donors (Lipinski definition) is 0. The Morgan fingerprint density at radius 2 is 2.09 bits per heavy atom. The minimum absolute atomic E-state index is 0.0283. The first-order valence-corrected chi connectivity index (χ1v) is 6.33. The Morgan fingerprint density at radius 1 is 1.27 bits per heavy atom. The topological polar surface area (TPSA) is 92.3 Å². The second-order valence-corrected chi connectivity index (χ2v) is 4.45. The number of carbonyl (C=O) groups is 1. The van der Waals surface area contributed by atoms with Crippen molar-refractivity contribution in [3.63, 3.8) is 0 Å². The summed E-state index contributed by atoms with van der Waals surface area (Å²) in [6.45, 7) is -0.227. The van der Waals surface area contributed by atoms with Crippen LogP contribution in [0.2, 0.25) is 0 Å². The fourth-order valence-electron chi connectivity index (χ4n) is 2.04. The van der Waals surface area contributed by atoms with Gasteiger partial charge < -0.3 is 18.7 Å². The smallest absolute Gasteiger partial charge is 0.355 e. The third-order valence-electron chi connectivity index (χ3n) is 3.13. The number of carbonyl (C=O) groups excluding carboxylic acids is 1. The Bertz CT molecular complexity index is 908. The highest BCUT2D eigenvalue weighted by Gasteiger charge is 2.18. The number of oxazole rings is 1. The number of hydrogen-bond acceptors (Lipinski definition) is 7. The third kappa shape index (κ3) is 2.34. The Hall–Kier alpha value is -3.03. The van der Waals surface area contributed by atoms with Crippen LogP contribution in [-0.2, 0) is 16.2 Å². The maximum Gasteiger partial charge on any atom is 0.355 e. The standard InChI is InChI=1S/C14H12N2O6/c1-19-9-4-3-8(10(6-9)20-2)5-11-13(18)16-7-12(17)22-15-14(16)21-11/h3-6H,7H2,1-2H3/b11-5-. The number of fused-ring (bicyclic) bond motifs is 1. The minimum Gasteiger partial charge on any atom is -0.497 e. The molecule has 3 rings (SSSR count). The zero-order chi connectivity index (χ0) is 15.7. The van der Waals surface area contributed by atoms with E-state index in [1.165, 1.54) is 13.2 Å². The van der Waals surface area contributed by atoms with Crippen molar-refractivity contribution in [1.82, 2.24) is 4.57 Å². The lowest BCUT2D eigenvalue weighted by Crippen LogP contribution is -2.37. The van der Waals surface area contributed by atoms with E-state index < -0.39 is 11.5 Å². The molecule has 0 saturated carbocycles. The Labute approximate surface area is 123 Å². The summed E-state index contributed by atoms with van der Waals surface area (Å²) in [5.41, 5.74) is 0.136. The number of methoxy groups -OCH3 is 2. The molecule has 1 aromatic heterocycles. The summed E-state index contributed by atoms with van der Waals surface area (Å²) in [5.74, 6) is 0.518. The van der Waals surface area contributed by atoms with Gasteiger partial charge in [0.1, 0.15) is 18.0 Å². The van der Waals surface area contributed by atoms with Crippen LogP contribution in [0.3, 0.4) is 0 Å². The molecule has 0 radical (unpaired) electrons. The van der Waals surface area contributed by atoms with E-state index in [2.05, 4.69) is 9.99 Å². The van der Waals surface area contributed by atoms with E-state index in [4.69, 9.17) is 13.9 Å². The summed E-state index contributed by atoms with van der Waals surface area (Å²) in [6, 6.07) is 5.14. The Kier molecular flexibility index (Phi) is 3.42. The van der Waals surface area contributed by atoms with Crippen LogP contribution in [-0.4, -0.2) is 24.8 Å². The lowest BCUT2D eigenvalue weighted by Gasteiger charge is -2.06. The fourth-order valence-corrected chi connectivity index (χ4v) is 2.04. The summed E-state index contributed by atoms with van der Waals surface area (Å²) in [6.07, 6.45) is 1.51. The van der Waals surface area contributed by atoms with Gasteiger partial charge in [-0.05, 0) is 23.4 Å². The molecule has 1 aliphatic heterocycles. The highest BCUT2D eigenvalue weighted by atomic mass is 16.7. The summed E-state index contributed by atoms with van der Waals surface area (Å²) in [5, 5.41) is 3.44. The van der Waals surface area contributed by atoms with Crippen LogP contribution in [0.1, 0.15) is 5.56 Å². The molecular weight excluding hydrogens is 292 g/mol. The van der Waals surface area contributed by atoms with Gasteiger partial charge in [0, 0.05) is 11.6 Å². The normalized spacial score (nSPS) is 14.1. The fraction of sp³-hybridized carbons (Fsp3) is 0.214. The number of aromatic nitrogens is 1. The maximum absolute atomic E-state index is 12.2. The average Bonchev–Trinajstić information content (AvgIpc) is 2.84. The molecular formula is C14H12N2O6. The van der Waals surface area contributed by atoms with Crippen molar-refractivity contribution < 1.29 is 23.5 Å². The number of benzene rings is 1. The van der Waals surface area contributed by atoms with Crippen LogP contribution in [0, 0.1) is 0 Å². The molecule has 2 heterocycles. The molecule has 0 atom stereocenters. The molecule has 0 fully saturated rings. The molecule has 8 nitrogen and oxygen atoms in total. The quantitative estimate of drug-likeness (QED) is 0.702. The first kappa shape index (κ1) is 13.9. The number of nitrogens with zero attached hydrogens (tertiary/aromatic N) is 2. The summed E-state index contributed by atoms with van der Waals surface area (Å²) in [7, 11) is 3.05. The Morgan fingerprint density at radius 3 is 2.82 bits per heavy atom. The van der Waals surface area contributed by atoms with Crippen molar-refractivity contribution in [1.29, 1.82) is 0 Å². The van der Waals surface area contributed by atoms with Crippen LogP contribution >= 0.6 is 0 Å². The first-order valence-electron chi connectivity index (χ1n) is 6.33. The Balaban J connectivity index is 2.15. The zero-order valence-electron chi connectivity index (χ0n) is 11.9. The molecule has 0 aliphatic carbocycles. The van der Waals surface area contributed by atoms with E-state index >= 15 is 0 Å². The van der Waals surface area contributed by atoms with Crippen molar-refractivity contribution in [2.75, 3.05) is 14.2 Å². The van der Waals surface area contributed by atoms with E-state index in [1.54, 1.807) is 25.3 Å². The highest BCUT2D eigenvalue weighted by Crippen LogP contribution is 2.24. The van der Waals surface area contributed by atoms with Crippen LogP contribution in [0.5, 0.6) is 11.5 Å². The average molecular weight is 304 g/mol. The molecule has 0 spiro atoms. The van der Waals surface area contributed by atoms with Crippen LogP contribution in [0.25, 0.3) is 6.08 Å². The van der Waals surface area contributed by atoms with Gasteiger partial charge in [-0.15, -0.1) is 0 Å². The predicted octanol–water partition coefficient (Wildman–Crippen LogP) is -0.621. The van der Waals surface area contributed by atoms with Crippen molar-refractivity contribution >= 4 is 12.0 Å². The third-order valence-corrected chi connectivity index (χ3v) is 3.13. The van der Waals surface area contributed by atoms with Gasteiger partial charge in [-0.3, -0.25) is 4.79 Å². The second kappa shape index (κ2) is 5.40. The van der Waals surface area contributed by atoms with Gasteiger partial charge in [-0.25, -0.2) is 9.36 Å². The molecule has 0 N–H and O–H groups in total. The van der Waals surface area contributed by atoms with Gasteiger partial charge in [0.05, 0.1) is 14.2 Å².